The third-order valence-electron chi connectivity index (χ3n) is 6.81. The Morgan fingerprint density at radius 2 is 1.92 bits per heavy atom. The van der Waals surface area contributed by atoms with Gasteiger partial charge in [0.15, 0.2) is 17.2 Å². The van der Waals surface area contributed by atoms with Crippen molar-refractivity contribution in [1.29, 1.82) is 5.41 Å². The van der Waals surface area contributed by atoms with E-state index < -0.39 is 5.91 Å². The molecule has 1 aromatic carbocycles. The average Bonchev–Trinajstić information content (AvgIpc) is 3.44. The number of hydrogen-bond donors (Lipinski definition) is 2. The first-order valence-corrected chi connectivity index (χ1v) is 12.8. The van der Waals surface area contributed by atoms with E-state index in [0.29, 0.717) is 60.1 Å². The van der Waals surface area contributed by atoms with Crippen molar-refractivity contribution < 1.29 is 23.9 Å². The van der Waals surface area contributed by atoms with E-state index in [1.165, 1.54) is 7.05 Å². The molecule has 0 spiro atoms. The van der Waals surface area contributed by atoms with E-state index >= 15 is 0 Å². The second-order valence-corrected chi connectivity index (χ2v) is 10.5. The molecule has 39 heavy (non-hydrogen) atoms. The van der Waals surface area contributed by atoms with Crippen molar-refractivity contribution in [2.75, 3.05) is 38.8 Å². The van der Waals surface area contributed by atoms with Crippen molar-refractivity contribution in [3.63, 3.8) is 0 Å². The third-order valence-corrected chi connectivity index (χ3v) is 6.81. The van der Waals surface area contributed by atoms with Crippen LogP contribution in [0.2, 0.25) is 0 Å². The summed E-state index contributed by atoms with van der Waals surface area (Å²) in [6.45, 7) is 9.09. The first kappa shape index (κ1) is 30.1. The quantitative estimate of drug-likeness (QED) is 0.440. The number of carbonyl (C=O) groups excluding carboxylic acids is 3. The summed E-state index contributed by atoms with van der Waals surface area (Å²) in [6.07, 6.45) is 1.22. The lowest BCUT2D eigenvalue weighted by Gasteiger charge is -2.28. The van der Waals surface area contributed by atoms with Gasteiger partial charge < -0.3 is 24.6 Å². The molecule has 2 N–H and O–H groups in total. The number of aromatic nitrogens is 1. The highest BCUT2D eigenvalue weighted by Gasteiger charge is 2.33. The van der Waals surface area contributed by atoms with Crippen LogP contribution in [0.1, 0.15) is 78.2 Å². The van der Waals surface area contributed by atoms with Crippen molar-refractivity contribution in [2.45, 2.75) is 52.5 Å². The number of nitrogens with zero attached hydrogens (tertiary/aromatic N) is 3. The van der Waals surface area contributed by atoms with Crippen LogP contribution in [0.5, 0.6) is 11.5 Å². The maximum absolute atomic E-state index is 13.6. The van der Waals surface area contributed by atoms with Crippen molar-refractivity contribution in [2.24, 2.45) is 0 Å². The van der Waals surface area contributed by atoms with Crippen LogP contribution < -0.4 is 19.7 Å². The van der Waals surface area contributed by atoms with Gasteiger partial charge in [-0.1, -0.05) is 20.8 Å². The number of ether oxygens (including phenoxy) is 2. The number of carbonyl (C=O) groups is 3. The molecule has 0 radical (unpaired) electrons. The van der Waals surface area contributed by atoms with Gasteiger partial charge in [0, 0.05) is 43.2 Å². The molecule has 1 fully saturated rings. The summed E-state index contributed by atoms with van der Waals surface area (Å²) in [5.41, 5.74) is 2.72. The van der Waals surface area contributed by atoms with E-state index in [4.69, 9.17) is 14.9 Å². The van der Waals surface area contributed by atoms with Crippen LogP contribution in [0, 0.1) is 5.41 Å². The highest BCUT2D eigenvalue weighted by atomic mass is 79.9. The molecular weight excluding hydrogens is 566 g/mol. The molecule has 2 aliphatic rings. The maximum Gasteiger partial charge on any atom is 0.273 e. The molecule has 1 aromatic heterocycles. The standard InChI is InChI=1S/C28H35N5O5.BrH/c1-7-38-21-13-17-14-32(26(29)23(17)31-24(21)27(36)30-5)15-20(34)16-11-18(28(2,3)4)25(37-6)19(12-16)33-10-8-9-22(33)35;/h11-13,29H,7-10,14-15H2,1-6H3,(H,30,36);1H. The Morgan fingerprint density at radius 3 is 2.49 bits per heavy atom. The number of Topliss-reactive ketones (excluding diaryl/α,β-unsaturated/α-hetero) is 1. The van der Waals surface area contributed by atoms with Crippen LogP contribution in [0.3, 0.4) is 0 Å². The topological polar surface area (TPSA) is 125 Å². The second kappa shape index (κ2) is 11.7. The fraction of sp³-hybridized carbons (Fsp3) is 0.464. The highest BCUT2D eigenvalue weighted by molar-refractivity contribution is 8.93. The van der Waals surface area contributed by atoms with Crippen molar-refractivity contribution >= 4 is 46.1 Å². The zero-order chi connectivity index (χ0) is 27.8. The Balaban J connectivity index is 0.00000420. The summed E-state index contributed by atoms with van der Waals surface area (Å²) in [5, 5.41) is 11.2. The van der Waals surface area contributed by atoms with Crippen LogP contribution in [0.25, 0.3) is 0 Å². The second-order valence-electron chi connectivity index (χ2n) is 10.5. The molecule has 2 aromatic rings. The Kier molecular flexibility index (Phi) is 9.05. The fourth-order valence-electron chi connectivity index (χ4n) is 4.89. The van der Waals surface area contributed by atoms with Gasteiger partial charge in [-0.15, -0.1) is 17.0 Å². The zero-order valence-electron chi connectivity index (χ0n) is 23.3. The van der Waals surface area contributed by atoms with Gasteiger partial charge in [-0.25, -0.2) is 4.98 Å². The number of benzene rings is 1. The number of amides is 2. The highest BCUT2D eigenvalue weighted by Crippen LogP contribution is 2.41. The van der Waals surface area contributed by atoms with Crippen LogP contribution in [-0.2, 0) is 16.8 Å². The summed E-state index contributed by atoms with van der Waals surface area (Å²) in [6, 6.07) is 5.27. The van der Waals surface area contributed by atoms with Gasteiger partial charge in [-0.3, -0.25) is 19.8 Å². The van der Waals surface area contributed by atoms with Crippen molar-refractivity contribution in [1.82, 2.24) is 15.2 Å². The normalized spacial score (nSPS) is 14.7. The molecule has 3 heterocycles. The SMILES string of the molecule is Br.CCOc1cc2c(nc1C(=O)NC)C(=N)N(CC(=O)c1cc(N3CCCC3=O)c(OC)c(C(C)(C)C)c1)C2. The first-order valence-electron chi connectivity index (χ1n) is 12.8. The number of halogens is 1. The van der Waals surface area contributed by atoms with Gasteiger partial charge in [0.25, 0.3) is 5.91 Å². The molecule has 0 saturated carbocycles. The summed E-state index contributed by atoms with van der Waals surface area (Å²) >= 11 is 0. The summed E-state index contributed by atoms with van der Waals surface area (Å²) in [5.74, 6) is 0.417. The molecule has 0 aliphatic carbocycles. The minimum atomic E-state index is -0.407. The zero-order valence-corrected chi connectivity index (χ0v) is 25.0. The maximum atomic E-state index is 13.6. The summed E-state index contributed by atoms with van der Waals surface area (Å²) in [7, 11) is 3.09. The van der Waals surface area contributed by atoms with E-state index in [2.05, 4.69) is 10.3 Å². The Morgan fingerprint density at radius 1 is 1.21 bits per heavy atom. The van der Waals surface area contributed by atoms with E-state index in [1.54, 1.807) is 29.0 Å². The average molecular weight is 603 g/mol. The molecule has 0 atom stereocenters. The largest absolute Gasteiger partial charge is 0.494 e. The molecule has 1 saturated heterocycles. The molecule has 4 rings (SSSR count). The number of methoxy groups -OCH3 is 1. The lowest BCUT2D eigenvalue weighted by atomic mass is 9.84. The lowest BCUT2D eigenvalue weighted by Crippen LogP contribution is -2.31. The monoisotopic (exact) mass is 601 g/mol. The van der Waals surface area contributed by atoms with E-state index in [-0.39, 0.29) is 52.2 Å². The Bertz CT molecular complexity index is 1320. The molecule has 10 nitrogen and oxygen atoms in total. The van der Waals surface area contributed by atoms with Crippen LogP contribution in [0.4, 0.5) is 5.69 Å². The predicted molar refractivity (Wildman–Crippen MR) is 154 cm³/mol. The number of fused-ring (bicyclic) bond motifs is 1. The van der Waals surface area contributed by atoms with Gasteiger partial charge in [-0.2, -0.15) is 0 Å². The summed E-state index contributed by atoms with van der Waals surface area (Å²) in [4.78, 5) is 46.3. The Labute approximate surface area is 239 Å². The van der Waals surface area contributed by atoms with Gasteiger partial charge >= 0.3 is 0 Å². The molecule has 210 valence electrons. The van der Waals surface area contributed by atoms with E-state index in [1.807, 2.05) is 33.8 Å². The number of amidine groups is 1. The number of hydrogen-bond acceptors (Lipinski definition) is 7. The first-order chi connectivity index (χ1) is 18.0. The summed E-state index contributed by atoms with van der Waals surface area (Å²) < 4.78 is 11.4. The van der Waals surface area contributed by atoms with Crippen LogP contribution in [-0.4, -0.2) is 67.2 Å². The fourth-order valence-corrected chi connectivity index (χ4v) is 4.89. The van der Waals surface area contributed by atoms with Crippen molar-refractivity contribution in [3.05, 3.63) is 46.3 Å². The predicted octanol–water partition coefficient (Wildman–Crippen LogP) is 3.87. The van der Waals surface area contributed by atoms with Gasteiger partial charge in [-0.05, 0) is 37.0 Å². The van der Waals surface area contributed by atoms with E-state index in [9.17, 15) is 14.4 Å². The minimum Gasteiger partial charge on any atom is -0.494 e. The van der Waals surface area contributed by atoms with Crippen LogP contribution >= 0.6 is 17.0 Å². The number of nitrogens with one attached hydrogen (secondary N) is 2. The molecule has 2 aliphatic heterocycles. The molecule has 11 heteroatoms. The molecular formula is C28H36BrN5O5. The molecule has 0 unspecified atom stereocenters. The minimum absolute atomic E-state index is 0. The Hall–Kier alpha value is -3.47. The van der Waals surface area contributed by atoms with E-state index in [0.717, 1.165) is 12.0 Å². The number of ketones is 1. The number of pyridine rings is 1. The van der Waals surface area contributed by atoms with Crippen molar-refractivity contribution in [3.8, 4) is 11.5 Å². The van der Waals surface area contributed by atoms with Gasteiger partial charge in [0.1, 0.15) is 17.3 Å². The lowest BCUT2D eigenvalue weighted by molar-refractivity contribution is -0.117. The third kappa shape index (κ3) is 5.78. The smallest absolute Gasteiger partial charge is 0.273 e. The van der Waals surface area contributed by atoms with Gasteiger partial charge in [0.05, 0.1) is 25.9 Å². The molecule has 2 amide bonds. The number of anilines is 1. The molecule has 0 bridgehead atoms. The number of rotatable bonds is 8. The van der Waals surface area contributed by atoms with Gasteiger partial charge in [0.2, 0.25) is 5.91 Å². The van der Waals surface area contributed by atoms with Crippen LogP contribution in [0.15, 0.2) is 18.2 Å².